The highest BCUT2D eigenvalue weighted by Crippen LogP contribution is 2.34. The van der Waals surface area contributed by atoms with Crippen molar-refractivity contribution >= 4 is 99.0 Å². The first-order chi connectivity index (χ1) is 39.6. The highest BCUT2D eigenvalue weighted by Gasteiger charge is 2.39. The number of hydrogen-bond donors (Lipinski definition) is 7. The third kappa shape index (κ3) is 14.3. The first-order valence-electron chi connectivity index (χ1n) is 26.3. The number of carboxylic acid groups (broad SMARTS) is 1. The first-order valence-corrected chi connectivity index (χ1v) is 27.3. The second kappa shape index (κ2) is 27.1. The van der Waals surface area contributed by atoms with Gasteiger partial charge in [-0.05, 0) is 70.5 Å². The predicted octanol–water partition coefficient (Wildman–Crippen LogP) is 1.42. The van der Waals surface area contributed by atoms with Gasteiger partial charge in [0.25, 0.3) is 11.8 Å². The number of rotatable bonds is 29. The molecule has 1 aliphatic heterocycles. The molecule has 7 rings (SSSR count). The van der Waals surface area contributed by atoms with Gasteiger partial charge in [-0.25, -0.2) is 9.97 Å². The number of likely N-dealkylation sites (N-methyl/N-ethyl adjacent to an activating group) is 1. The van der Waals surface area contributed by atoms with E-state index in [4.69, 9.17) is 41.5 Å². The van der Waals surface area contributed by atoms with Crippen LogP contribution < -0.4 is 42.6 Å². The molecule has 10 N–H and O–H groups in total. The highest BCUT2D eigenvalue weighted by atomic mass is 32.2. The topological polar surface area (TPSA) is 393 Å². The zero-order valence-electron chi connectivity index (χ0n) is 46.8. The maximum absolute atomic E-state index is 14.0. The zero-order chi connectivity index (χ0) is 60.4. The highest BCUT2D eigenvalue weighted by molar-refractivity contribution is 8.00. The summed E-state index contributed by atoms with van der Waals surface area (Å²) < 4.78 is 23.7. The summed E-state index contributed by atoms with van der Waals surface area (Å²) in [4.78, 5) is 128. The molecule has 1 fully saturated rings. The Labute approximate surface area is 479 Å². The van der Waals surface area contributed by atoms with Gasteiger partial charge in [0.2, 0.25) is 47.3 Å². The fourth-order valence-corrected chi connectivity index (χ4v) is 10.3. The normalized spacial score (nSPS) is 14.1. The number of carbonyl (C=O) groups is 9. The number of imide groups is 1. The number of likely N-dealkylation sites (tertiary alicyclic amines) is 1. The van der Waals surface area contributed by atoms with Gasteiger partial charge in [-0.1, -0.05) is 12.2 Å². The number of primary amides is 2. The van der Waals surface area contributed by atoms with Crippen molar-refractivity contribution in [3.8, 4) is 11.5 Å². The number of imidazole rings is 2. The van der Waals surface area contributed by atoms with Crippen LogP contribution in [-0.4, -0.2) is 177 Å². The number of amides is 8. The Morgan fingerprint density at radius 1 is 0.819 bits per heavy atom. The van der Waals surface area contributed by atoms with Crippen LogP contribution in [0.4, 0.5) is 11.9 Å². The van der Waals surface area contributed by atoms with E-state index in [9.17, 15) is 43.2 Å². The number of allylic oxidation sites excluding steroid dienone is 2. The summed E-state index contributed by atoms with van der Waals surface area (Å²) in [7, 11) is 4.29. The number of aryl methyl sites for hydroxylation is 4. The Balaban J connectivity index is 1.11. The molecule has 1 saturated heterocycles. The molecule has 2 aromatic carbocycles. The molecule has 4 aromatic heterocycles. The molecule has 3 atom stereocenters. The second-order valence-corrected chi connectivity index (χ2v) is 20.4. The fraction of sp³-hybridized carbons (Fsp3) is 0.415. The third-order valence-electron chi connectivity index (χ3n) is 13.3. The number of ether oxygens (including phenoxy) is 3. The zero-order valence-corrected chi connectivity index (χ0v) is 47.6. The van der Waals surface area contributed by atoms with Gasteiger partial charge in [-0.2, -0.15) is 10.2 Å². The largest absolute Gasteiger partial charge is 0.494 e. The van der Waals surface area contributed by atoms with Crippen molar-refractivity contribution in [3.05, 3.63) is 82.5 Å². The van der Waals surface area contributed by atoms with Gasteiger partial charge >= 0.3 is 5.97 Å². The molecule has 1 aliphatic rings. The van der Waals surface area contributed by atoms with Crippen LogP contribution in [0.1, 0.15) is 86.2 Å². The number of aliphatic carboxylic acids is 1. The van der Waals surface area contributed by atoms with Crippen LogP contribution in [0.2, 0.25) is 0 Å². The molecule has 0 radical (unpaired) electrons. The van der Waals surface area contributed by atoms with E-state index in [0.29, 0.717) is 46.7 Å². The standard InChI is InChI=1S/C53H66N16O13S/c1-8-68-36(19-28(3)62-68)47(74)60-52-58-33-21-30(45(55)72)23-38(81-7)43(33)66(52)15-10-11-16-67-44-34(59-53(67)61-48(75)37-20-29(4)63-69(37)9-2)22-31(46(56)73)24-39(44)82-18-12-14-64(5)49(76)35(26-80-6)57-41(70)13-17-65-42(71)25-40(50(65)77)83-27-32(54)51(78)79/h10-11,19-24,32,35,40H,8-9,12-18,25-27,54H2,1-7H3,(H2,55,72)(H2,56,73)(H,57,70)(H,78,79)(H,58,60,74)(H,59,61,75)/b11-10+/t32-,35?,40?/m0/s1. The Kier molecular flexibility index (Phi) is 20.0. The summed E-state index contributed by atoms with van der Waals surface area (Å²) in [5.74, 6) is -5.54. The van der Waals surface area contributed by atoms with E-state index in [1.807, 2.05) is 13.8 Å². The minimum Gasteiger partial charge on any atom is -0.494 e. The van der Waals surface area contributed by atoms with Crippen molar-refractivity contribution in [3.63, 3.8) is 0 Å². The number of nitrogens with two attached hydrogens (primary N) is 3. The molecule has 2 unspecified atom stereocenters. The summed E-state index contributed by atoms with van der Waals surface area (Å²) >= 11 is 0.954. The number of aromatic nitrogens is 8. The van der Waals surface area contributed by atoms with Crippen molar-refractivity contribution in [2.75, 3.05) is 64.0 Å². The molecular weight excluding hydrogens is 1100 g/mol. The van der Waals surface area contributed by atoms with Crippen molar-refractivity contribution in [1.29, 1.82) is 0 Å². The summed E-state index contributed by atoms with van der Waals surface area (Å²) in [6.45, 7) is 7.72. The molecule has 8 amide bonds. The fourth-order valence-electron chi connectivity index (χ4n) is 9.18. The molecule has 6 aromatic rings. The maximum atomic E-state index is 14.0. The van der Waals surface area contributed by atoms with Crippen LogP contribution in [0.15, 0.2) is 48.6 Å². The predicted molar refractivity (Wildman–Crippen MR) is 303 cm³/mol. The van der Waals surface area contributed by atoms with E-state index in [1.165, 1.54) is 55.1 Å². The van der Waals surface area contributed by atoms with Gasteiger partial charge in [-0.15, -0.1) is 11.8 Å². The molecule has 442 valence electrons. The number of anilines is 2. The molecular formula is C53H66N16O13S. The Hall–Kier alpha value is -9.16. The van der Waals surface area contributed by atoms with Gasteiger partial charge < -0.3 is 55.9 Å². The van der Waals surface area contributed by atoms with E-state index >= 15 is 0 Å². The van der Waals surface area contributed by atoms with Gasteiger partial charge in [0.1, 0.15) is 46.0 Å². The number of fused-ring (bicyclic) bond motifs is 2. The van der Waals surface area contributed by atoms with Gasteiger partial charge in [0.15, 0.2) is 0 Å². The van der Waals surface area contributed by atoms with Crippen LogP contribution in [0.5, 0.6) is 11.5 Å². The number of carboxylic acids is 1. The minimum atomic E-state index is -1.24. The smallest absolute Gasteiger partial charge is 0.321 e. The third-order valence-corrected chi connectivity index (χ3v) is 14.6. The lowest BCUT2D eigenvalue weighted by Crippen LogP contribution is -2.50. The molecule has 0 bridgehead atoms. The number of methoxy groups -OCH3 is 2. The maximum Gasteiger partial charge on any atom is 0.321 e. The lowest BCUT2D eigenvalue weighted by atomic mass is 10.1. The quantitative estimate of drug-likeness (QED) is 0.0198. The summed E-state index contributed by atoms with van der Waals surface area (Å²) in [6, 6.07) is 6.77. The number of hydrogen-bond acceptors (Lipinski definition) is 18. The number of thioether (sulfide) groups is 1. The Morgan fingerprint density at radius 3 is 1.84 bits per heavy atom. The van der Waals surface area contributed by atoms with Gasteiger partial charge in [-0.3, -0.25) is 68.0 Å². The Morgan fingerprint density at radius 2 is 1.35 bits per heavy atom. The van der Waals surface area contributed by atoms with Crippen LogP contribution in [0, 0.1) is 13.8 Å². The van der Waals surface area contributed by atoms with Crippen LogP contribution in [0.3, 0.4) is 0 Å². The van der Waals surface area contributed by atoms with Crippen LogP contribution in [0.25, 0.3) is 22.1 Å². The van der Waals surface area contributed by atoms with Gasteiger partial charge in [0.05, 0.1) is 48.0 Å². The van der Waals surface area contributed by atoms with Crippen molar-refractivity contribution in [2.45, 2.75) is 90.5 Å². The van der Waals surface area contributed by atoms with E-state index in [0.717, 1.165) is 16.7 Å². The number of nitrogens with one attached hydrogen (secondary N) is 3. The summed E-state index contributed by atoms with van der Waals surface area (Å²) in [5.41, 5.74) is 20.3. The number of benzene rings is 2. The van der Waals surface area contributed by atoms with E-state index in [1.54, 1.807) is 51.9 Å². The SMILES string of the molecule is CCn1nc(C)cc1C(=O)Nc1nc2cc(C(N)=O)cc(OC)c2n1C/C=C/Cn1c(NC(=O)c2cc(C)nn2CC)nc2cc(C(N)=O)cc(OCCCN(C)C(=O)C(COC)NC(=O)CCN3C(=O)CC(SC[C@H](N)C(=O)O)C3=O)c21. The second-order valence-electron chi connectivity index (χ2n) is 19.2. The van der Waals surface area contributed by atoms with Crippen LogP contribution >= 0.6 is 11.8 Å². The minimum absolute atomic E-state index is 0.0224. The lowest BCUT2D eigenvalue weighted by molar-refractivity contribution is -0.140. The van der Waals surface area contributed by atoms with E-state index in [-0.39, 0.29) is 110 Å². The lowest BCUT2D eigenvalue weighted by Gasteiger charge is -2.24. The average molecular weight is 1170 g/mol. The molecule has 0 aliphatic carbocycles. The van der Waals surface area contributed by atoms with E-state index < -0.39 is 70.6 Å². The summed E-state index contributed by atoms with van der Waals surface area (Å²) in [5, 5.41) is 25.4. The average Bonchev–Trinajstić information content (AvgIpc) is 4.43. The van der Waals surface area contributed by atoms with Crippen molar-refractivity contribution in [2.24, 2.45) is 17.2 Å². The Bertz CT molecular complexity index is 3530. The van der Waals surface area contributed by atoms with Crippen molar-refractivity contribution < 1.29 is 62.5 Å². The molecule has 29 nitrogen and oxygen atoms in total. The van der Waals surface area contributed by atoms with Crippen molar-refractivity contribution in [1.82, 2.24) is 53.8 Å². The number of carbonyl (C=O) groups excluding carboxylic acids is 8. The molecule has 0 spiro atoms. The molecule has 30 heteroatoms. The first kappa shape index (κ1) is 61.5. The molecule has 0 saturated carbocycles. The molecule has 83 heavy (non-hydrogen) atoms. The molecule has 5 heterocycles. The van der Waals surface area contributed by atoms with Gasteiger partial charge in [0, 0.05) is 83.1 Å². The monoisotopic (exact) mass is 1170 g/mol. The summed E-state index contributed by atoms with van der Waals surface area (Å²) in [6.07, 6.45) is 3.26. The van der Waals surface area contributed by atoms with E-state index in [2.05, 4.69) is 31.1 Å². The number of nitrogens with zero attached hydrogens (tertiary/aromatic N) is 10. The van der Waals surface area contributed by atoms with Crippen LogP contribution in [-0.2, 0) is 54.9 Å².